The molecule has 0 saturated heterocycles. The van der Waals surface area contributed by atoms with Crippen molar-refractivity contribution in [2.24, 2.45) is 0 Å². The van der Waals surface area contributed by atoms with Crippen molar-refractivity contribution in [2.45, 2.75) is 13.8 Å². The molecule has 30 heavy (non-hydrogen) atoms. The van der Waals surface area contributed by atoms with Crippen molar-refractivity contribution < 1.29 is 19.5 Å². The van der Waals surface area contributed by atoms with Gasteiger partial charge >= 0.3 is 0 Å². The number of para-hydroxylation sites is 1. The lowest BCUT2D eigenvalue weighted by molar-refractivity contribution is -0.124. The van der Waals surface area contributed by atoms with Gasteiger partial charge in [0, 0.05) is 20.6 Å². The van der Waals surface area contributed by atoms with Crippen LogP contribution in [0.1, 0.15) is 24.2 Å². The van der Waals surface area contributed by atoms with Crippen molar-refractivity contribution >= 4 is 23.4 Å². The molecule has 8 nitrogen and oxygen atoms in total. The van der Waals surface area contributed by atoms with Crippen molar-refractivity contribution in [2.75, 3.05) is 26.0 Å². The van der Waals surface area contributed by atoms with Crippen molar-refractivity contribution in [3.63, 3.8) is 0 Å². The van der Waals surface area contributed by atoms with Gasteiger partial charge < -0.3 is 20.6 Å². The van der Waals surface area contributed by atoms with Crippen molar-refractivity contribution in [3.05, 3.63) is 72.1 Å². The monoisotopic (exact) mass is 412 g/mol. The lowest BCUT2D eigenvalue weighted by Crippen LogP contribution is -2.28. The van der Waals surface area contributed by atoms with E-state index in [1.54, 1.807) is 38.4 Å². The van der Waals surface area contributed by atoms with Crippen LogP contribution in [0.2, 0.25) is 0 Å². The molecule has 2 rings (SSSR count). The van der Waals surface area contributed by atoms with E-state index >= 15 is 0 Å². The van der Waals surface area contributed by atoms with Gasteiger partial charge in [-0.2, -0.15) is 0 Å². The average molecular weight is 412 g/mol. The van der Waals surface area contributed by atoms with E-state index in [0.29, 0.717) is 0 Å². The maximum absolute atomic E-state index is 12.2. The highest BCUT2D eigenvalue weighted by molar-refractivity contribution is 6.20. The van der Waals surface area contributed by atoms with Gasteiger partial charge in [0.2, 0.25) is 0 Å². The number of amides is 3. The zero-order chi connectivity index (χ0) is 22.8. The van der Waals surface area contributed by atoms with Crippen LogP contribution in [0, 0.1) is 0 Å². The summed E-state index contributed by atoms with van der Waals surface area (Å²) in [6, 6.07) is 4.52. The van der Waals surface area contributed by atoms with Gasteiger partial charge in [0.25, 0.3) is 17.7 Å². The summed E-state index contributed by atoms with van der Waals surface area (Å²) >= 11 is 0. The fourth-order valence-electron chi connectivity index (χ4n) is 2.48. The molecule has 0 aliphatic carbocycles. The molecule has 1 aliphatic rings. The highest BCUT2D eigenvalue weighted by Gasteiger charge is 2.31. The Morgan fingerprint density at radius 1 is 1.17 bits per heavy atom. The third-order valence-corrected chi connectivity index (χ3v) is 3.93. The number of phenolic OH excluding ortho intramolecular Hbond substituents is 1. The third kappa shape index (κ3) is 5.60. The molecule has 4 N–H and O–H groups in total. The van der Waals surface area contributed by atoms with E-state index in [4.69, 9.17) is 0 Å². The van der Waals surface area contributed by atoms with Crippen molar-refractivity contribution in [1.29, 1.82) is 0 Å². The number of benzene rings is 1. The molecule has 0 bridgehead atoms. The van der Waals surface area contributed by atoms with Crippen LogP contribution in [-0.2, 0) is 9.59 Å². The second kappa shape index (κ2) is 11.3. The SMILES string of the molecule is C=C/C=C(\C=C)CNC1=C(Nc2cccc(C(=O)N(C)C)c2O)C(=O)NC1=O.CC. The van der Waals surface area contributed by atoms with Gasteiger partial charge in [0.15, 0.2) is 5.75 Å². The predicted octanol–water partition coefficient (Wildman–Crippen LogP) is 2.29. The van der Waals surface area contributed by atoms with Crippen LogP contribution in [0.15, 0.2) is 66.6 Å². The topological polar surface area (TPSA) is 111 Å². The quantitative estimate of drug-likeness (QED) is 0.296. The third-order valence-electron chi connectivity index (χ3n) is 3.93. The normalized spacial score (nSPS) is 13.1. The number of allylic oxidation sites excluding steroid dienone is 2. The van der Waals surface area contributed by atoms with Crippen molar-refractivity contribution in [1.82, 2.24) is 15.5 Å². The number of phenols is 1. The van der Waals surface area contributed by atoms with Crippen molar-refractivity contribution in [3.8, 4) is 5.75 Å². The molecule has 0 aromatic heterocycles. The number of nitrogens with zero attached hydrogens (tertiary/aromatic N) is 1. The van der Waals surface area contributed by atoms with Crippen LogP contribution >= 0.6 is 0 Å². The molecule has 160 valence electrons. The highest BCUT2D eigenvalue weighted by Crippen LogP contribution is 2.30. The molecule has 1 heterocycles. The van der Waals surface area contributed by atoms with Gasteiger partial charge in [-0.1, -0.05) is 51.3 Å². The molecule has 0 atom stereocenters. The van der Waals surface area contributed by atoms with E-state index < -0.39 is 17.7 Å². The number of carbonyl (C=O) groups excluding carboxylic acids is 3. The number of carbonyl (C=O) groups is 3. The minimum Gasteiger partial charge on any atom is -0.505 e. The van der Waals surface area contributed by atoms with E-state index in [1.165, 1.54) is 17.0 Å². The summed E-state index contributed by atoms with van der Waals surface area (Å²) < 4.78 is 0. The number of hydrogen-bond donors (Lipinski definition) is 4. The Bertz CT molecular complexity index is 914. The number of aromatic hydroxyl groups is 1. The average Bonchev–Trinajstić information content (AvgIpc) is 3.00. The lowest BCUT2D eigenvalue weighted by Gasteiger charge is -2.15. The second-order valence-corrected chi connectivity index (χ2v) is 6.09. The van der Waals surface area contributed by atoms with E-state index in [2.05, 4.69) is 29.1 Å². The molecular weight excluding hydrogens is 384 g/mol. The smallest absolute Gasteiger partial charge is 0.276 e. The molecule has 0 unspecified atom stereocenters. The van der Waals surface area contributed by atoms with Gasteiger partial charge in [-0.25, -0.2) is 0 Å². The number of hydrogen-bond acceptors (Lipinski definition) is 6. The van der Waals surface area contributed by atoms with Crippen LogP contribution in [0.25, 0.3) is 0 Å². The van der Waals surface area contributed by atoms with Crippen LogP contribution in [0.5, 0.6) is 5.75 Å². The van der Waals surface area contributed by atoms with Gasteiger partial charge in [0.05, 0.1) is 11.3 Å². The highest BCUT2D eigenvalue weighted by atomic mass is 16.3. The minimum absolute atomic E-state index is 0.0190. The second-order valence-electron chi connectivity index (χ2n) is 6.09. The molecule has 0 radical (unpaired) electrons. The molecule has 1 aromatic rings. The molecule has 1 aromatic carbocycles. The molecule has 0 spiro atoms. The van der Waals surface area contributed by atoms with Crippen LogP contribution in [0.4, 0.5) is 5.69 Å². The first-order chi connectivity index (χ1) is 14.3. The number of imide groups is 1. The summed E-state index contributed by atoms with van der Waals surface area (Å²) in [5.74, 6) is -1.97. The molecule has 8 heteroatoms. The molecule has 3 amide bonds. The Hall–Kier alpha value is -3.81. The molecule has 0 saturated carbocycles. The fraction of sp³-hybridized carbons (Fsp3) is 0.227. The zero-order valence-corrected chi connectivity index (χ0v) is 17.7. The van der Waals surface area contributed by atoms with Gasteiger partial charge in [-0.15, -0.1) is 0 Å². The van der Waals surface area contributed by atoms with Gasteiger partial charge in [-0.3, -0.25) is 19.7 Å². The zero-order valence-electron chi connectivity index (χ0n) is 17.7. The first-order valence-electron chi connectivity index (χ1n) is 9.38. The Kier molecular flexibility index (Phi) is 9.09. The summed E-state index contributed by atoms with van der Waals surface area (Å²) in [7, 11) is 3.12. The van der Waals surface area contributed by atoms with E-state index in [0.717, 1.165) is 5.57 Å². The Morgan fingerprint density at radius 3 is 2.37 bits per heavy atom. The summed E-state index contributed by atoms with van der Waals surface area (Å²) in [5, 5.41) is 18.2. The van der Waals surface area contributed by atoms with Gasteiger partial charge in [0.1, 0.15) is 11.4 Å². The molecule has 0 fully saturated rings. The Balaban J connectivity index is 0.00000218. The summed E-state index contributed by atoms with van der Waals surface area (Å²) in [5.41, 5.74) is 0.910. The van der Waals surface area contributed by atoms with E-state index in [9.17, 15) is 19.5 Å². The van der Waals surface area contributed by atoms with E-state index in [1.807, 2.05) is 13.8 Å². The maximum atomic E-state index is 12.2. The van der Waals surface area contributed by atoms with Crippen LogP contribution < -0.4 is 16.0 Å². The standard InChI is InChI=1S/C20H22N4O4.C2H6/c1-5-8-12(6-2)11-21-15-16(19(27)23-18(15)26)22-14-10-7-9-13(17(14)25)20(28)24(3)4;1-2/h5-10,25H,1-2,11H2,3-4H3,(H3,21,22,23,26,27);1-2H3/b12-8+;. The van der Waals surface area contributed by atoms with Crippen LogP contribution in [-0.4, -0.2) is 48.4 Å². The summed E-state index contributed by atoms with van der Waals surface area (Å²) in [6.07, 6.45) is 4.89. The molecule has 1 aliphatic heterocycles. The number of nitrogens with one attached hydrogen (secondary N) is 3. The van der Waals surface area contributed by atoms with Gasteiger partial charge in [-0.05, 0) is 17.7 Å². The summed E-state index contributed by atoms with van der Waals surface area (Å²) in [6.45, 7) is 11.5. The van der Waals surface area contributed by atoms with Crippen LogP contribution in [0.3, 0.4) is 0 Å². The first kappa shape index (κ1) is 24.2. The molecular formula is C22H28N4O4. The van der Waals surface area contributed by atoms with E-state index in [-0.39, 0.29) is 34.9 Å². The largest absolute Gasteiger partial charge is 0.505 e. The number of rotatable bonds is 8. The predicted molar refractivity (Wildman–Crippen MR) is 118 cm³/mol. The first-order valence-corrected chi connectivity index (χ1v) is 9.38. The lowest BCUT2D eigenvalue weighted by atomic mass is 10.1. The maximum Gasteiger partial charge on any atom is 0.276 e. The Morgan fingerprint density at radius 2 is 1.80 bits per heavy atom. The fourth-order valence-corrected chi connectivity index (χ4v) is 2.48. The summed E-state index contributed by atoms with van der Waals surface area (Å²) in [4.78, 5) is 37.8. The number of anilines is 1. The minimum atomic E-state index is -0.649. The Labute approximate surface area is 176 Å².